The predicted octanol–water partition coefficient (Wildman–Crippen LogP) is -0.505. The van der Waals surface area contributed by atoms with E-state index in [0.29, 0.717) is 12.3 Å². The van der Waals surface area contributed by atoms with E-state index < -0.39 is 10.0 Å². The van der Waals surface area contributed by atoms with Crippen molar-refractivity contribution < 1.29 is 17.6 Å². The van der Waals surface area contributed by atoms with Crippen LogP contribution in [-0.2, 0) is 21.4 Å². The van der Waals surface area contributed by atoms with Gasteiger partial charge in [0.05, 0.1) is 13.1 Å². The molecule has 0 aliphatic heterocycles. The Morgan fingerprint density at radius 3 is 2.67 bits per heavy atom. The van der Waals surface area contributed by atoms with Gasteiger partial charge in [0.1, 0.15) is 5.76 Å². The molecule has 7 nitrogen and oxygen atoms in total. The van der Waals surface area contributed by atoms with Crippen molar-refractivity contribution in [2.45, 2.75) is 18.6 Å². The molecule has 8 heteroatoms. The Bertz CT molecular complexity index is 509. The first-order valence-corrected chi connectivity index (χ1v) is 6.95. The number of hydrogen-bond acceptors (Lipinski definition) is 5. The van der Waals surface area contributed by atoms with Crippen molar-refractivity contribution >= 4 is 15.9 Å². The largest absolute Gasteiger partial charge is 0.447 e. The minimum Gasteiger partial charge on any atom is -0.447 e. The van der Waals surface area contributed by atoms with Gasteiger partial charge in [-0.1, -0.05) is 0 Å². The maximum absolute atomic E-state index is 11.4. The third kappa shape index (κ3) is 4.13. The highest BCUT2D eigenvalue weighted by Gasteiger charge is 2.13. The third-order valence-corrected chi connectivity index (χ3v) is 3.17. The van der Waals surface area contributed by atoms with Crippen molar-refractivity contribution in [2.75, 3.05) is 20.1 Å². The number of likely N-dealkylation sites (N-methyl/N-ethyl adjacent to an activating group) is 1. The number of nitrogens with one attached hydrogen (secondary N) is 1. The second-order valence-corrected chi connectivity index (χ2v) is 5.27. The summed E-state index contributed by atoms with van der Waals surface area (Å²) in [5, 5.41) is 7.48. The van der Waals surface area contributed by atoms with Crippen LogP contribution < -0.4 is 10.5 Å². The molecule has 0 aromatic carbocycles. The van der Waals surface area contributed by atoms with E-state index in [2.05, 4.69) is 5.32 Å². The molecule has 0 saturated heterocycles. The molecular weight excluding hydrogens is 258 g/mol. The summed E-state index contributed by atoms with van der Waals surface area (Å²) < 4.78 is 26.9. The molecule has 0 saturated carbocycles. The molecule has 18 heavy (non-hydrogen) atoms. The van der Waals surface area contributed by atoms with Gasteiger partial charge in [-0.15, -0.1) is 0 Å². The first kappa shape index (κ1) is 14.7. The number of furan rings is 1. The molecule has 0 aliphatic carbocycles. The van der Waals surface area contributed by atoms with E-state index >= 15 is 0 Å². The summed E-state index contributed by atoms with van der Waals surface area (Å²) in [4.78, 5) is 13.0. The van der Waals surface area contributed by atoms with Gasteiger partial charge in [0.25, 0.3) is 10.0 Å². The van der Waals surface area contributed by atoms with Crippen LogP contribution in [0.5, 0.6) is 0 Å². The predicted molar refractivity (Wildman–Crippen MR) is 65.1 cm³/mol. The molecule has 0 aliphatic rings. The lowest BCUT2D eigenvalue weighted by Crippen LogP contribution is -2.35. The molecule has 1 rings (SSSR count). The molecule has 0 bridgehead atoms. The van der Waals surface area contributed by atoms with Crippen molar-refractivity contribution in [3.63, 3.8) is 0 Å². The molecule has 0 radical (unpaired) electrons. The number of nitrogens with zero attached hydrogens (tertiary/aromatic N) is 1. The molecule has 1 aromatic rings. The van der Waals surface area contributed by atoms with Crippen molar-refractivity contribution in [1.82, 2.24) is 10.2 Å². The fourth-order valence-corrected chi connectivity index (χ4v) is 1.69. The summed E-state index contributed by atoms with van der Waals surface area (Å²) in [5.74, 6) is 0.363. The maximum atomic E-state index is 11.4. The Balaban J connectivity index is 2.46. The lowest BCUT2D eigenvalue weighted by Gasteiger charge is -2.14. The molecule has 3 N–H and O–H groups in total. The number of rotatable bonds is 6. The summed E-state index contributed by atoms with van der Waals surface area (Å²) in [7, 11) is -2.11. The van der Waals surface area contributed by atoms with Gasteiger partial charge in [-0.3, -0.25) is 4.79 Å². The van der Waals surface area contributed by atoms with E-state index in [-0.39, 0.29) is 24.1 Å². The average molecular weight is 275 g/mol. The van der Waals surface area contributed by atoms with Crippen LogP contribution in [0.25, 0.3) is 0 Å². The van der Waals surface area contributed by atoms with E-state index in [1.165, 1.54) is 12.1 Å². The Morgan fingerprint density at radius 2 is 2.17 bits per heavy atom. The molecule has 102 valence electrons. The summed E-state index contributed by atoms with van der Waals surface area (Å²) in [6, 6.07) is 2.78. The summed E-state index contributed by atoms with van der Waals surface area (Å²) >= 11 is 0. The smallest absolute Gasteiger partial charge is 0.271 e. The van der Waals surface area contributed by atoms with E-state index in [0.717, 1.165) is 0 Å². The van der Waals surface area contributed by atoms with Crippen LogP contribution in [0, 0.1) is 0 Å². The maximum Gasteiger partial charge on any atom is 0.271 e. The standard InChI is InChI=1S/C10H17N3O4S/c1-3-13(2)9(14)7-12-6-8-4-5-10(17-8)18(11,15)16/h4-5,12H,3,6-7H2,1-2H3,(H2,11,15,16). The van der Waals surface area contributed by atoms with Crippen molar-refractivity contribution in [3.05, 3.63) is 17.9 Å². The zero-order valence-electron chi connectivity index (χ0n) is 10.3. The quantitative estimate of drug-likeness (QED) is 0.727. The first-order chi connectivity index (χ1) is 8.34. The Morgan fingerprint density at radius 1 is 1.50 bits per heavy atom. The zero-order chi connectivity index (χ0) is 13.8. The molecule has 0 fully saturated rings. The van der Waals surface area contributed by atoms with Gasteiger partial charge < -0.3 is 14.6 Å². The molecule has 0 atom stereocenters. The van der Waals surface area contributed by atoms with Gasteiger partial charge in [0, 0.05) is 13.6 Å². The topological polar surface area (TPSA) is 106 Å². The van der Waals surface area contributed by atoms with E-state index in [1.54, 1.807) is 11.9 Å². The Kier molecular flexibility index (Phi) is 4.88. The first-order valence-electron chi connectivity index (χ1n) is 5.40. The molecule has 0 spiro atoms. The third-order valence-electron chi connectivity index (χ3n) is 2.39. The summed E-state index contributed by atoms with van der Waals surface area (Å²) in [5.41, 5.74) is 0. The number of primary sulfonamides is 1. The number of hydrogen-bond donors (Lipinski definition) is 2. The molecule has 0 unspecified atom stereocenters. The number of amides is 1. The van der Waals surface area contributed by atoms with Crippen LogP contribution in [-0.4, -0.2) is 39.4 Å². The Labute approximate surface area is 106 Å². The summed E-state index contributed by atoms with van der Waals surface area (Å²) in [6.45, 7) is 2.94. The Hall–Kier alpha value is -1.38. The van der Waals surface area contributed by atoms with E-state index in [4.69, 9.17) is 9.56 Å². The van der Waals surface area contributed by atoms with Crippen LogP contribution in [0.15, 0.2) is 21.6 Å². The molecular formula is C10H17N3O4S. The van der Waals surface area contributed by atoms with Gasteiger partial charge >= 0.3 is 0 Å². The monoisotopic (exact) mass is 275 g/mol. The minimum absolute atomic E-state index is 0.0456. The number of carbonyl (C=O) groups is 1. The second kappa shape index (κ2) is 5.98. The molecule has 1 heterocycles. The van der Waals surface area contributed by atoms with Crippen molar-refractivity contribution in [1.29, 1.82) is 0 Å². The number of sulfonamides is 1. The van der Waals surface area contributed by atoms with Crippen LogP contribution in [0.4, 0.5) is 0 Å². The molecule has 1 aromatic heterocycles. The average Bonchev–Trinajstić information content (AvgIpc) is 2.76. The highest BCUT2D eigenvalue weighted by molar-refractivity contribution is 7.89. The van der Waals surface area contributed by atoms with Gasteiger partial charge in [-0.2, -0.15) is 0 Å². The van der Waals surface area contributed by atoms with Crippen LogP contribution in [0.3, 0.4) is 0 Å². The highest BCUT2D eigenvalue weighted by atomic mass is 32.2. The fraction of sp³-hybridized carbons (Fsp3) is 0.500. The number of carbonyl (C=O) groups excluding carboxylic acids is 1. The van der Waals surface area contributed by atoms with Crippen molar-refractivity contribution in [2.24, 2.45) is 5.14 Å². The normalized spacial score (nSPS) is 11.5. The van der Waals surface area contributed by atoms with Crippen LogP contribution in [0.1, 0.15) is 12.7 Å². The van der Waals surface area contributed by atoms with Gasteiger partial charge in [0.2, 0.25) is 11.0 Å². The highest BCUT2D eigenvalue weighted by Crippen LogP contribution is 2.11. The van der Waals surface area contributed by atoms with Crippen molar-refractivity contribution in [3.8, 4) is 0 Å². The van der Waals surface area contributed by atoms with Gasteiger partial charge in [-0.05, 0) is 19.1 Å². The lowest BCUT2D eigenvalue weighted by molar-refractivity contribution is -0.128. The van der Waals surface area contributed by atoms with Crippen LogP contribution in [0.2, 0.25) is 0 Å². The summed E-state index contributed by atoms with van der Waals surface area (Å²) in [6.07, 6.45) is 0. The van der Waals surface area contributed by atoms with Crippen LogP contribution >= 0.6 is 0 Å². The second-order valence-electron chi connectivity index (χ2n) is 3.78. The van der Waals surface area contributed by atoms with E-state index in [9.17, 15) is 13.2 Å². The minimum atomic E-state index is -3.81. The number of nitrogens with two attached hydrogens (primary N) is 1. The SMILES string of the molecule is CCN(C)C(=O)CNCc1ccc(S(N)(=O)=O)o1. The van der Waals surface area contributed by atoms with Gasteiger partial charge in [0.15, 0.2) is 0 Å². The molecule has 1 amide bonds. The van der Waals surface area contributed by atoms with Gasteiger partial charge in [-0.25, -0.2) is 13.6 Å². The zero-order valence-corrected chi connectivity index (χ0v) is 11.2. The van der Waals surface area contributed by atoms with E-state index in [1.807, 2.05) is 6.92 Å². The lowest BCUT2D eigenvalue weighted by atomic mass is 10.4. The fourth-order valence-electron chi connectivity index (χ4n) is 1.21.